The topological polar surface area (TPSA) is 127 Å². The molecule has 3 aromatic rings. The minimum Gasteiger partial charge on any atom is -0.494 e. The van der Waals surface area contributed by atoms with E-state index in [1.807, 2.05) is 6.92 Å². The molecule has 3 aromatic carbocycles. The number of anilines is 2. The van der Waals surface area contributed by atoms with Gasteiger partial charge in [-0.1, -0.05) is 6.92 Å². The van der Waals surface area contributed by atoms with Gasteiger partial charge in [-0.05, 0) is 88.6 Å². The molecule has 0 heterocycles. The number of carbonyl (C=O) groups excluding carboxylic acids is 3. The fourth-order valence-corrected chi connectivity index (χ4v) is 3.66. The van der Waals surface area contributed by atoms with E-state index in [0.29, 0.717) is 33.8 Å². The molecule has 3 N–H and O–H groups in total. The number of amides is 3. The molecule has 0 radical (unpaired) electrons. The lowest BCUT2D eigenvalue weighted by Gasteiger charge is -2.13. The van der Waals surface area contributed by atoms with E-state index in [0.717, 1.165) is 6.42 Å². The number of hydrogen-bond donors (Lipinski definition) is 3. The van der Waals surface area contributed by atoms with Crippen molar-refractivity contribution in [1.82, 2.24) is 5.43 Å². The zero-order chi connectivity index (χ0) is 28.2. The second kappa shape index (κ2) is 14.5. The number of ether oxygens (including phenoxy) is 3. The van der Waals surface area contributed by atoms with Crippen molar-refractivity contribution >= 4 is 51.2 Å². The van der Waals surface area contributed by atoms with Crippen molar-refractivity contribution in [3.8, 4) is 17.2 Å². The van der Waals surface area contributed by atoms with Gasteiger partial charge >= 0.3 is 11.8 Å². The zero-order valence-electron chi connectivity index (χ0n) is 21.1. The van der Waals surface area contributed by atoms with Gasteiger partial charge < -0.3 is 24.8 Å². The second-order valence-corrected chi connectivity index (χ2v) is 8.76. The molecule has 0 aromatic heterocycles. The zero-order valence-corrected chi connectivity index (χ0v) is 22.7. The number of nitrogens with one attached hydrogen (secondary N) is 3. The summed E-state index contributed by atoms with van der Waals surface area (Å²) in [6, 6.07) is 15.1. The van der Waals surface area contributed by atoms with Gasteiger partial charge in [0.25, 0.3) is 5.91 Å². The molecule has 0 spiro atoms. The highest BCUT2D eigenvalue weighted by Gasteiger charge is 2.15. The molecule has 0 aliphatic heterocycles. The lowest BCUT2D eigenvalue weighted by Crippen LogP contribution is -2.32. The molecule has 10 nitrogen and oxygen atoms in total. The van der Waals surface area contributed by atoms with E-state index >= 15 is 0 Å². The Kier molecular flexibility index (Phi) is 10.8. The summed E-state index contributed by atoms with van der Waals surface area (Å²) in [7, 11) is 1.42. The van der Waals surface area contributed by atoms with Gasteiger partial charge in [0, 0.05) is 11.4 Å². The van der Waals surface area contributed by atoms with Crippen molar-refractivity contribution in [2.45, 2.75) is 13.3 Å². The quantitative estimate of drug-likeness (QED) is 0.169. The molecule has 0 aliphatic carbocycles. The molecule has 0 fully saturated rings. The number of halogens is 2. The number of rotatable bonds is 11. The van der Waals surface area contributed by atoms with Gasteiger partial charge in [0.15, 0.2) is 18.1 Å². The van der Waals surface area contributed by atoms with E-state index < -0.39 is 23.5 Å². The molecule has 3 rings (SSSR count). The number of hydrazone groups is 1. The fourth-order valence-electron chi connectivity index (χ4n) is 3.08. The van der Waals surface area contributed by atoms with Crippen LogP contribution in [0, 0.1) is 5.82 Å². The minimum absolute atomic E-state index is 0.262. The standard InChI is InChI=1S/C27H26BrFN4O6/c1-3-12-38-21-10-8-20(9-11-21)32-26(35)27(36)33-30-15-17-13-22(28)25(23(14-17)37-2)39-16-24(34)31-19-6-4-18(29)5-7-19/h4-11,13-15H,3,12,16H2,1-2H3,(H,31,34)(H,32,35)(H,33,36)/b30-15-. The molecule has 0 bridgehead atoms. The molecule has 3 amide bonds. The normalized spacial score (nSPS) is 10.6. The lowest BCUT2D eigenvalue weighted by atomic mass is 10.2. The van der Waals surface area contributed by atoms with E-state index in [1.165, 1.54) is 37.6 Å². The minimum atomic E-state index is -0.962. The summed E-state index contributed by atoms with van der Waals surface area (Å²) < 4.78 is 29.9. The highest BCUT2D eigenvalue weighted by Crippen LogP contribution is 2.36. The van der Waals surface area contributed by atoms with Crippen LogP contribution in [0.15, 0.2) is 70.2 Å². The Morgan fingerprint density at radius 3 is 2.28 bits per heavy atom. The van der Waals surface area contributed by atoms with Crippen LogP contribution in [0.5, 0.6) is 17.2 Å². The van der Waals surface area contributed by atoms with Crippen LogP contribution < -0.4 is 30.3 Å². The molecule has 0 saturated carbocycles. The maximum absolute atomic E-state index is 13.0. The van der Waals surface area contributed by atoms with Crippen LogP contribution in [0.1, 0.15) is 18.9 Å². The summed E-state index contributed by atoms with van der Waals surface area (Å²) >= 11 is 3.36. The van der Waals surface area contributed by atoms with Crippen LogP contribution >= 0.6 is 15.9 Å². The summed E-state index contributed by atoms with van der Waals surface area (Å²) in [5, 5.41) is 8.88. The molecule has 39 heavy (non-hydrogen) atoms. The van der Waals surface area contributed by atoms with Crippen LogP contribution in [-0.2, 0) is 14.4 Å². The van der Waals surface area contributed by atoms with Crippen molar-refractivity contribution in [2.24, 2.45) is 5.10 Å². The Hall–Kier alpha value is -4.45. The van der Waals surface area contributed by atoms with E-state index in [-0.39, 0.29) is 18.1 Å². The first-order valence-electron chi connectivity index (χ1n) is 11.7. The summed E-state index contributed by atoms with van der Waals surface area (Å²) in [4.78, 5) is 36.5. The molecule has 12 heteroatoms. The summed E-state index contributed by atoms with van der Waals surface area (Å²) in [6.07, 6.45) is 2.18. The van der Waals surface area contributed by atoms with Gasteiger partial charge in [-0.2, -0.15) is 5.10 Å². The average Bonchev–Trinajstić information content (AvgIpc) is 2.93. The summed E-state index contributed by atoms with van der Waals surface area (Å²) in [6.45, 7) is 2.25. The highest BCUT2D eigenvalue weighted by atomic mass is 79.9. The number of carbonyl (C=O) groups is 3. The number of methoxy groups -OCH3 is 1. The summed E-state index contributed by atoms with van der Waals surface area (Å²) in [5.74, 6) is -1.51. The molecular weight excluding hydrogens is 575 g/mol. The first kappa shape index (κ1) is 29.1. The first-order valence-corrected chi connectivity index (χ1v) is 12.5. The molecule has 0 aliphatic rings. The van der Waals surface area contributed by atoms with Crippen molar-refractivity contribution < 1.29 is 33.0 Å². The van der Waals surface area contributed by atoms with Gasteiger partial charge in [0.2, 0.25) is 0 Å². The van der Waals surface area contributed by atoms with E-state index in [2.05, 4.69) is 37.1 Å². The third-order valence-electron chi connectivity index (χ3n) is 4.90. The van der Waals surface area contributed by atoms with Gasteiger partial charge in [0.1, 0.15) is 11.6 Å². The number of benzene rings is 3. The molecular formula is C27H26BrFN4O6. The average molecular weight is 601 g/mol. The summed E-state index contributed by atoms with van der Waals surface area (Å²) in [5.41, 5.74) is 3.52. The Bertz CT molecular complexity index is 1330. The lowest BCUT2D eigenvalue weighted by molar-refractivity contribution is -0.136. The Balaban J connectivity index is 1.53. The van der Waals surface area contributed by atoms with Crippen molar-refractivity contribution in [3.63, 3.8) is 0 Å². The Morgan fingerprint density at radius 1 is 0.949 bits per heavy atom. The van der Waals surface area contributed by atoms with Crippen molar-refractivity contribution in [3.05, 3.63) is 76.5 Å². The van der Waals surface area contributed by atoms with E-state index in [1.54, 1.807) is 36.4 Å². The predicted octanol–water partition coefficient (Wildman–Crippen LogP) is 4.49. The largest absolute Gasteiger partial charge is 0.494 e. The Morgan fingerprint density at radius 2 is 1.62 bits per heavy atom. The second-order valence-electron chi connectivity index (χ2n) is 7.90. The number of nitrogens with zero attached hydrogens (tertiary/aromatic N) is 1. The highest BCUT2D eigenvalue weighted by molar-refractivity contribution is 9.10. The van der Waals surface area contributed by atoms with Crippen molar-refractivity contribution in [2.75, 3.05) is 31.0 Å². The van der Waals surface area contributed by atoms with Gasteiger partial charge in [-0.3, -0.25) is 14.4 Å². The van der Waals surface area contributed by atoms with Crippen LogP contribution in [0.3, 0.4) is 0 Å². The van der Waals surface area contributed by atoms with Crippen LogP contribution in [0.2, 0.25) is 0 Å². The van der Waals surface area contributed by atoms with Crippen LogP contribution in [0.4, 0.5) is 15.8 Å². The molecule has 0 unspecified atom stereocenters. The van der Waals surface area contributed by atoms with Gasteiger partial charge in [-0.15, -0.1) is 0 Å². The first-order chi connectivity index (χ1) is 18.8. The van der Waals surface area contributed by atoms with Crippen LogP contribution in [0.25, 0.3) is 0 Å². The van der Waals surface area contributed by atoms with Crippen molar-refractivity contribution in [1.29, 1.82) is 0 Å². The van der Waals surface area contributed by atoms with Gasteiger partial charge in [0.05, 0.1) is 24.4 Å². The molecule has 0 atom stereocenters. The predicted molar refractivity (Wildman–Crippen MR) is 148 cm³/mol. The SMILES string of the molecule is CCCOc1ccc(NC(=O)C(=O)N/N=C\c2cc(Br)c(OCC(=O)Nc3ccc(F)cc3)c(OC)c2)cc1. The Labute approximate surface area is 232 Å². The van der Waals surface area contributed by atoms with E-state index in [9.17, 15) is 18.8 Å². The molecule has 0 saturated heterocycles. The number of hydrogen-bond acceptors (Lipinski definition) is 7. The maximum atomic E-state index is 13.0. The third-order valence-corrected chi connectivity index (χ3v) is 5.49. The van der Waals surface area contributed by atoms with Crippen LogP contribution in [-0.4, -0.2) is 44.3 Å². The smallest absolute Gasteiger partial charge is 0.329 e. The monoisotopic (exact) mass is 600 g/mol. The molecule has 204 valence electrons. The fraction of sp³-hybridized carbons (Fsp3) is 0.185. The van der Waals surface area contributed by atoms with Gasteiger partial charge in [-0.25, -0.2) is 9.82 Å². The third kappa shape index (κ3) is 9.11. The maximum Gasteiger partial charge on any atom is 0.329 e. The van der Waals surface area contributed by atoms with E-state index in [4.69, 9.17) is 14.2 Å².